The molecule has 0 aliphatic heterocycles. The van der Waals surface area contributed by atoms with Crippen molar-refractivity contribution in [2.45, 2.75) is 108 Å². The first-order chi connectivity index (χ1) is 20.5. The Balaban J connectivity index is 0.000000307. The monoisotopic (exact) mass is 581 g/mol. The Hall–Kier alpha value is -3.59. The molecule has 0 aromatic heterocycles. The minimum Gasteiger partial charge on any atom is -0.480 e. The Labute approximate surface area is 249 Å². The van der Waals surface area contributed by atoms with Gasteiger partial charge in [0.15, 0.2) is 0 Å². The van der Waals surface area contributed by atoms with Crippen molar-refractivity contribution < 1.29 is 29.0 Å². The molecule has 1 atom stereocenters. The highest BCUT2D eigenvalue weighted by atomic mass is 16.6. The fourth-order valence-electron chi connectivity index (χ4n) is 5.31. The van der Waals surface area contributed by atoms with Crippen molar-refractivity contribution in [2.75, 3.05) is 6.54 Å². The molecule has 4 N–H and O–H groups in total. The zero-order chi connectivity index (χ0) is 29.8. The third-order valence-corrected chi connectivity index (χ3v) is 7.64. The van der Waals surface area contributed by atoms with Crippen LogP contribution in [0.4, 0.5) is 9.59 Å². The van der Waals surface area contributed by atoms with Crippen LogP contribution in [0.1, 0.15) is 88.2 Å². The SMILES string of the molecule is C1CCC(NC2CCCCC2)CC1.O=C(NCCC[C@H](NC(=O)OCc1ccccc1)C(=O)O)OCc1ccccc1. The zero-order valence-electron chi connectivity index (χ0n) is 24.6. The molecule has 2 aliphatic carbocycles. The highest BCUT2D eigenvalue weighted by molar-refractivity contribution is 5.79. The lowest BCUT2D eigenvalue weighted by Gasteiger charge is -2.30. The molecule has 0 saturated heterocycles. The van der Waals surface area contributed by atoms with Crippen LogP contribution in [0, 0.1) is 0 Å². The maximum absolute atomic E-state index is 11.8. The standard InChI is InChI=1S/C21H24N2O6.C12H23N/c24-19(25)18(23-21(27)29-15-17-10-5-2-6-11-17)12-7-13-22-20(26)28-14-16-8-3-1-4-9-16;1-3-7-11(8-4-1)13-12-9-5-2-6-10-12/h1-6,8-11,18H,7,12-15H2,(H,22,26)(H,23,27)(H,24,25);11-13H,1-10H2/t18-;/m0./s1. The lowest BCUT2D eigenvalue weighted by Crippen LogP contribution is -2.41. The van der Waals surface area contributed by atoms with Gasteiger partial charge in [-0.25, -0.2) is 14.4 Å². The number of aliphatic carboxylic acids is 1. The predicted molar refractivity (Wildman–Crippen MR) is 162 cm³/mol. The van der Waals surface area contributed by atoms with Crippen LogP contribution in [0.5, 0.6) is 0 Å². The highest BCUT2D eigenvalue weighted by Gasteiger charge is 2.21. The molecule has 0 radical (unpaired) electrons. The molecule has 2 saturated carbocycles. The van der Waals surface area contributed by atoms with Crippen LogP contribution in [-0.4, -0.2) is 47.9 Å². The van der Waals surface area contributed by atoms with Crippen LogP contribution >= 0.6 is 0 Å². The summed E-state index contributed by atoms with van der Waals surface area (Å²) in [5.74, 6) is -1.17. The van der Waals surface area contributed by atoms with Crippen molar-refractivity contribution >= 4 is 18.2 Å². The number of nitrogens with one attached hydrogen (secondary N) is 3. The third-order valence-electron chi connectivity index (χ3n) is 7.64. The van der Waals surface area contributed by atoms with Gasteiger partial charge in [-0.1, -0.05) is 99.2 Å². The summed E-state index contributed by atoms with van der Waals surface area (Å²) < 4.78 is 10.1. The molecule has 2 aromatic carbocycles. The second-order valence-electron chi connectivity index (χ2n) is 11.1. The van der Waals surface area contributed by atoms with E-state index in [2.05, 4.69) is 16.0 Å². The van der Waals surface area contributed by atoms with Crippen LogP contribution < -0.4 is 16.0 Å². The van der Waals surface area contributed by atoms with Gasteiger partial charge in [-0.15, -0.1) is 0 Å². The van der Waals surface area contributed by atoms with Gasteiger partial charge in [-0.2, -0.15) is 0 Å². The normalized spacial score (nSPS) is 16.3. The summed E-state index contributed by atoms with van der Waals surface area (Å²) >= 11 is 0. The van der Waals surface area contributed by atoms with E-state index in [1.165, 1.54) is 64.2 Å². The Bertz CT molecular complexity index is 1020. The van der Waals surface area contributed by atoms with E-state index in [9.17, 15) is 19.5 Å². The number of hydrogen-bond acceptors (Lipinski definition) is 6. The maximum atomic E-state index is 11.8. The van der Waals surface area contributed by atoms with Gasteiger partial charge in [0, 0.05) is 18.6 Å². The van der Waals surface area contributed by atoms with Crippen LogP contribution in [0.3, 0.4) is 0 Å². The highest BCUT2D eigenvalue weighted by Crippen LogP contribution is 2.22. The van der Waals surface area contributed by atoms with Crippen molar-refractivity contribution in [3.63, 3.8) is 0 Å². The molecule has 9 heteroatoms. The van der Waals surface area contributed by atoms with Crippen LogP contribution in [-0.2, 0) is 27.5 Å². The van der Waals surface area contributed by atoms with E-state index in [0.29, 0.717) is 6.42 Å². The lowest BCUT2D eigenvalue weighted by molar-refractivity contribution is -0.139. The van der Waals surface area contributed by atoms with Crippen molar-refractivity contribution in [1.82, 2.24) is 16.0 Å². The molecule has 0 heterocycles. The second kappa shape index (κ2) is 19.5. The van der Waals surface area contributed by atoms with Crippen LogP contribution in [0.2, 0.25) is 0 Å². The van der Waals surface area contributed by atoms with Crippen LogP contribution in [0.25, 0.3) is 0 Å². The molecular weight excluding hydrogens is 534 g/mol. The van der Waals surface area contributed by atoms with Crippen molar-refractivity contribution in [3.8, 4) is 0 Å². The smallest absolute Gasteiger partial charge is 0.408 e. The number of rotatable bonds is 12. The maximum Gasteiger partial charge on any atom is 0.408 e. The van der Waals surface area contributed by atoms with Gasteiger partial charge >= 0.3 is 18.2 Å². The molecule has 230 valence electrons. The van der Waals surface area contributed by atoms with Gasteiger partial charge in [-0.05, 0) is 49.7 Å². The number of alkyl carbamates (subject to hydrolysis) is 2. The average Bonchev–Trinajstić information content (AvgIpc) is 3.03. The van der Waals surface area contributed by atoms with Gasteiger partial charge in [0.1, 0.15) is 19.3 Å². The van der Waals surface area contributed by atoms with E-state index in [0.717, 1.165) is 23.2 Å². The van der Waals surface area contributed by atoms with Gasteiger partial charge in [0.25, 0.3) is 0 Å². The zero-order valence-corrected chi connectivity index (χ0v) is 24.6. The van der Waals surface area contributed by atoms with E-state index in [1.54, 1.807) is 12.1 Å². The average molecular weight is 582 g/mol. The first-order valence-corrected chi connectivity index (χ1v) is 15.4. The molecule has 0 spiro atoms. The predicted octanol–water partition coefficient (Wildman–Crippen LogP) is 6.31. The van der Waals surface area contributed by atoms with Crippen molar-refractivity contribution in [3.05, 3.63) is 71.8 Å². The molecular formula is C33H47N3O6. The van der Waals surface area contributed by atoms with Crippen molar-refractivity contribution in [1.29, 1.82) is 0 Å². The van der Waals surface area contributed by atoms with E-state index >= 15 is 0 Å². The Morgan fingerprint density at radius 1 is 0.714 bits per heavy atom. The van der Waals surface area contributed by atoms with E-state index in [4.69, 9.17) is 9.47 Å². The quantitative estimate of drug-likeness (QED) is 0.216. The fraction of sp³-hybridized carbons (Fsp3) is 0.545. The second-order valence-corrected chi connectivity index (χ2v) is 11.1. The first-order valence-electron chi connectivity index (χ1n) is 15.4. The number of carboxylic acid groups (broad SMARTS) is 1. The molecule has 0 unspecified atom stereocenters. The van der Waals surface area contributed by atoms with E-state index in [1.807, 2.05) is 48.5 Å². The minimum atomic E-state index is -1.17. The largest absolute Gasteiger partial charge is 0.480 e. The summed E-state index contributed by atoms with van der Waals surface area (Å²) in [6.07, 6.45) is 13.6. The topological polar surface area (TPSA) is 126 Å². The Morgan fingerprint density at radius 3 is 1.67 bits per heavy atom. The van der Waals surface area contributed by atoms with Crippen molar-refractivity contribution in [2.24, 2.45) is 0 Å². The molecule has 2 fully saturated rings. The molecule has 9 nitrogen and oxygen atoms in total. The summed E-state index contributed by atoms with van der Waals surface area (Å²) in [4.78, 5) is 34.8. The number of carbonyl (C=O) groups excluding carboxylic acids is 2. The molecule has 0 bridgehead atoms. The van der Waals surface area contributed by atoms with Gasteiger partial charge in [0.05, 0.1) is 0 Å². The molecule has 2 aliphatic rings. The number of hydrogen-bond donors (Lipinski definition) is 4. The summed E-state index contributed by atoms with van der Waals surface area (Å²) in [7, 11) is 0. The number of carbonyl (C=O) groups is 3. The van der Waals surface area contributed by atoms with Gasteiger partial charge in [-0.3, -0.25) is 0 Å². The minimum absolute atomic E-state index is 0.0494. The van der Waals surface area contributed by atoms with Crippen LogP contribution in [0.15, 0.2) is 60.7 Å². The van der Waals surface area contributed by atoms with Gasteiger partial charge in [0.2, 0.25) is 0 Å². The number of amides is 2. The first kappa shape index (κ1) is 32.9. The molecule has 4 rings (SSSR count). The summed E-state index contributed by atoms with van der Waals surface area (Å²) in [6, 6.07) is 18.9. The van der Waals surface area contributed by atoms with E-state index in [-0.39, 0.29) is 26.2 Å². The van der Waals surface area contributed by atoms with E-state index < -0.39 is 24.2 Å². The summed E-state index contributed by atoms with van der Waals surface area (Å²) in [5.41, 5.74) is 1.67. The lowest BCUT2D eigenvalue weighted by atomic mass is 9.91. The number of carboxylic acids is 1. The van der Waals surface area contributed by atoms with Gasteiger partial charge < -0.3 is 30.5 Å². The number of benzene rings is 2. The number of ether oxygens (including phenoxy) is 2. The Kier molecular flexibility index (Phi) is 15.3. The summed E-state index contributed by atoms with van der Waals surface area (Å²) in [6.45, 7) is 0.422. The molecule has 2 amide bonds. The molecule has 2 aromatic rings. The third kappa shape index (κ3) is 13.9. The fourth-order valence-corrected chi connectivity index (χ4v) is 5.31. The molecule has 42 heavy (non-hydrogen) atoms. The summed E-state index contributed by atoms with van der Waals surface area (Å²) in [5, 5.41) is 18.0. The Morgan fingerprint density at radius 2 is 1.19 bits per heavy atom.